The lowest BCUT2D eigenvalue weighted by molar-refractivity contribution is -0.122. The summed E-state index contributed by atoms with van der Waals surface area (Å²) in [5.41, 5.74) is 3.34. The lowest BCUT2D eigenvalue weighted by atomic mass is 9.92. The molecule has 0 bridgehead atoms. The predicted molar refractivity (Wildman–Crippen MR) is 157 cm³/mol. The Morgan fingerprint density at radius 3 is 2.44 bits per heavy atom. The Labute approximate surface area is 233 Å². The normalized spacial score (nSPS) is 13.2. The Hall–Kier alpha value is -3.97. The zero-order valence-electron chi connectivity index (χ0n) is 22.4. The minimum Gasteiger partial charge on any atom is -0.356 e. The summed E-state index contributed by atoms with van der Waals surface area (Å²) in [6, 6.07) is 20.8. The number of benzene rings is 3. The van der Waals surface area contributed by atoms with Crippen molar-refractivity contribution in [3.63, 3.8) is 0 Å². The average molecular weight is 542 g/mol. The van der Waals surface area contributed by atoms with Crippen molar-refractivity contribution in [3.8, 4) is 11.4 Å². The predicted octanol–water partition coefficient (Wildman–Crippen LogP) is 6.47. The molecule has 2 amide bonds. The highest BCUT2D eigenvalue weighted by Gasteiger charge is 2.21. The Balaban J connectivity index is 1.38. The maximum atomic E-state index is 13.2. The molecule has 8 heteroatoms. The van der Waals surface area contributed by atoms with Crippen molar-refractivity contribution in [2.75, 3.05) is 23.3 Å². The van der Waals surface area contributed by atoms with Crippen LogP contribution in [0.25, 0.3) is 22.3 Å². The second-order valence-electron chi connectivity index (χ2n) is 11.1. The molecule has 0 atom stereocenters. The molecule has 200 valence electrons. The molecule has 1 aliphatic heterocycles. The number of amides is 2. The first-order valence-corrected chi connectivity index (χ1v) is 13.5. The second kappa shape index (κ2) is 11.0. The average Bonchev–Trinajstić information content (AvgIpc) is 2.86. The van der Waals surface area contributed by atoms with Crippen LogP contribution in [-0.4, -0.2) is 34.9 Å². The monoisotopic (exact) mass is 541 g/mol. The number of nitrogens with zero attached hydrogens (tertiary/aromatic N) is 3. The van der Waals surface area contributed by atoms with Gasteiger partial charge in [-0.05, 0) is 47.7 Å². The standard InChI is InChI=1S/C31H32ClN5O2/c1-31(2,3)18-27(38)33-19-20-10-13-25(32)24(16-20)30(39)34-22-11-12-23-26(17-22)35-28(21-8-5-4-6-9-21)36-29(23)37-14-7-15-37/h4-6,8-13,16-17H,7,14-15,18-19H2,1-3H3,(H,33,38)(H,34,39). The summed E-state index contributed by atoms with van der Waals surface area (Å²) < 4.78 is 0. The lowest BCUT2D eigenvalue weighted by Gasteiger charge is -2.33. The van der Waals surface area contributed by atoms with Gasteiger partial charge in [0.15, 0.2) is 5.82 Å². The van der Waals surface area contributed by atoms with Gasteiger partial charge in [-0.2, -0.15) is 0 Å². The maximum Gasteiger partial charge on any atom is 0.257 e. The Morgan fingerprint density at radius 1 is 0.974 bits per heavy atom. The van der Waals surface area contributed by atoms with Gasteiger partial charge in [-0.25, -0.2) is 9.97 Å². The molecule has 4 aromatic rings. The number of rotatable bonds is 7. The first kappa shape index (κ1) is 26.6. The molecular formula is C31H32ClN5O2. The molecule has 1 saturated heterocycles. The number of carbonyl (C=O) groups is 2. The molecule has 1 aromatic heterocycles. The minimum absolute atomic E-state index is 0.0333. The molecule has 1 aliphatic rings. The first-order valence-electron chi connectivity index (χ1n) is 13.1. The SMILES string of the molecule is CC(C)(C)CC(=O)NCc1ccc(Cl)c(C(=O)Nc2ccc3c(N4CCC4)nc(-c4ccccc4)nc3c2)c1. The van der Waals surface area contributed by atoms with E-state index in [0.29, 0.717) is 35.1 Å². The van der Waals surface area contributed by atoms with E-state index in [1.165, 1.54) is 0 Å². The number of fused-ring (bicyclic) bond motifs is 1. The van der Waals surface area contributed by atoms with Crippen LogP contribution in [0.3, 0.4) is 0 Å². The number of carbonyl (C=O) groups excluding carboxylic acids is 2. The van der Waals surface area contributed by atoms with Gasteiger partial charge in [-0.15, -0.1) is 0 Å². The van der Waals surface area contributed by atoms with E-state index in [-0.39, 0.29) is 17.2 Å². The topological polar surface area (TPSA) is 87.2 Å². The molecule has 3 aromatic carbocycles. The molecule has 0 saturated carbocycles. The van der Waals surface area contributed by atoms with Gasteiger partial charge in [-0.3, -0.25) is 9.59 Å². The highest BCUT2D eigenvalue weighted by atomic mass is 35.5. The van der Waals surface area contributed by atoms with Gasteiger partial charge in [0.05, 0.1) is 16.1 Å². The molecule has 0 unspecified atom stereocenters. The van der Waals surface area contributed by atoms with Crippen LogP contribution in [0, 0.1) is 5.41 Å². The van der Waals surface area contributed by atoms with Gasteiger partial charge in [0.1, 0.15) is 5.82 Å². The van der Waals surface area contributed by atoms with Crippen molar-refractivity contribution in [3.05, 3.63) is 82.9 Å². The Kier molecular flexibility index (Phi) is 7.53. The van der Waals surface area contributed by atoms with E-state index in [2.05, 4.69) is 15.5 Å². The van der Waals surface area contributed by atoms with E-state index in [4.69, 9.17) is 21.6 Å². The van der Waals surface area contributed by atoms with Crippen LogP contribution in [0.5, 0.6) is 0 Å². The van der Waals surface area contributed by atoms with Crippen molar-refractivity contribution in [1.29, 1.82) is 0 Å². The summed E-state index contributed by atoms with van der Waals surface area (Å²) in [6.07, 6.45) is 1.56. The van der Waals surface area contributed by atoms with Crippen LogP contribution in [0.2, 0.25) is 5.02 Å². The number of hydrogen-bond donors (Lipinski definition) is 2. The van der Waals surface area contributed by atoms with Crippen LogP contribution in [-0.2, 0) is 11.3 Å². The number of anilines is 2. The number of halogens is 1. The molecule has 0 radical (unpaired) electrons. The minimum atomic E-state index is -0.331. The Bertz CT molecular complexity index is 1530. The summed E-state index contributed by atoms with van der Waals surface area (Å²) in [4.78, 5) is 37.4. The summed E-state index contributed by atoms with van der Waals surface area (Å²) >= 11 is 6.39. The number of hydrogen-bond acceptors (Lipinski definition) is 5. The van der Waals surface area contributed by atoms with Gasteiger partial charge >= 0.3 is 0 Å². The lowest BCUT2D eigenvalue weighted by Crippen LogP contribution is -2.37. The fraction of sp³-hybridized carbons (Fsp3) is 0.290. The first-order chi connectivity index (χ1) is 18.7. The van der Waals surface area contributed by atoms with Crippen molar-refractivity contribution >= 4 is 45.8 Å². The molecule has 39 heavy (non-hydrogen) atoms. The summed E-state index contributed by atoms with van der Waals surface area (Å²) in [5, 5.41) is 7.17. The van der Waals surface area contributed by atoms with Gasteiger partial charge in [-0.1, -0.05) is 68.8 Å². The van der Waals surface area contributed by atoms with Crippen molar-refractivity contribution in [1.82, 2.24) is 15.3 Å². The Morgan fingerprint density at radius 2 is 1.74 bits per heavy atom. The third kappa shape index (κ3) is 6.37. The zero-order chi connectivity index (χ0) is 27.6. The third-order valence-electron chi connectivity index (χ3n) is 6.58. The third-order valence-corrected chi connectivity index (χ3v) is 6.91. The number of aromatic nitrogens is 2. The van der Waals surface area contributed by atoms with Gasteiger partial charge in [0, 0.05) is 42.7 Å². The van der Waals surface area contributed by atoms with Crippen LogP contribution in [0.15, 0.2) is 66.7 Å². The van der Waals surface area contributed by atoms with E-state index in [9.17, 15) is 9.59 Å². The molecule has 5 rings (SSSR count). The maximum absolute atomic E-state index is 13.2. The summed E-state index contributed by atoms with van der Waals surface area (Å²) in [7, 11) is 0. The van der Waals surface area contributed by atoms with Crippen LogP contribution in [0.4, 0.5) is 11.5 Å². The number of nitrogens with one attached hydrogen (secondary N) is 2. The van der Waals surface area contributed by atoms with Crippen LogP contribution in [0.1, 0.15) is 49.5 Å². The van der Waals surface area contributed by atoms with Crippen molar-refractivity contribution in [2.24, 2.45) is 5.41 Å². The molecule has 7 nitrogen and oxygen atoms in total. The molecule has 2 heterocycles. The van der Waals surface area contributed by atoms with Gasteiger partial charge < -0.3 is 15.5 Å². The smallest absolute Gasteiger partial charge is 0.257 e. The zero-order valence-corrected chi connectivity index (χ0v) is 23.2. The van der Waals surface area contributed by atoms with E-state index in [1.54, 1.807) is 12.1 Å². The second-order valence-corrected chi connectivity index (χ2v) is 11.5. The fourth-order valence-electron chi connectivity index (χ4n) is 4.48. The van der Waals surface area contributed by atoms with E-state index < -0.39 is 0 Å². The van der Waals surface area contributed by atoms with E-state index >= 15 is 0 Å². The molecular weight excluding hydrogens is 510 g/mol. The van der Waals surface area contributed by atoms with Crippen molar-refractivity contribution in [2.45, 2.75) is 40.2 Å². The van der Waals surface area contributed by atoms with E-state index in [0.717, 1.165) is 47.4 Å². The molecule has 2 N–H and O–H groups in total. The summed E-state index contributed by atoms with van der Waals surface area (Å²) in [5.74, 6) is 1.20. The highest BCUT2D eigenvalue weighted by molar-refractivity contribution is 6.34. The fourth-order valence-corrected chi connectivity index (χ4v) is 4.68. The molecule has 0 aliphatic carbocycles. The largest absolute Gasteiger partial charge is 0.356 e. The van der Waals surface area contributed by atoms with E-state index in [1.807, 2.05) is 75.4 Å². The molecule has 1 fully saturated rings. The van der Waals surface area contributed by atoms with Gasteiger partial charge in [0.25, 0.3) is 5.91 Å². The molecule has 0 spiro atoms. The van der Waals surface area contributed by atoms with Gasteiger partial charge in [0.2, 0.25) is 5.91 Å². The highest BCUT2D eigenvalue weighted by Crippen LogP contribution is 2.32. The quantitative estimate of drug-likeness (QED) is 0.280. The van der Waals surface area contributed by atoms with Crippen molar-refractivity contribution < 1.29 is 9.59 Å². The summed E-state index contributed by atoms with van der Waals surface area (Å²) in [6.45, 7) is 8.30. The van der Waals surface area contributed by atoms with Crippen LogP contribution >= 0.6 is 11.6 Å². The van der Waals surface area contributed by atoms with Crippen LogP contribution < -0.4 is 15.5 Å².